The first kappa shape index (κ1) is 22.4. The fourth-order valence-corrected chi connectivity index (χ4v) is 3.98. The highest BCUT2D eigenvalue weighted by Crippen LogP contribution is 2.22. The summed E-state index contributed by atoms with van der Waals surface area (Å²) in [6.45, 7) is 4.01. The van der Waals surface area contributed by atoms with E-state index < -0.39 is 16.0 Å². The van der Waals surface area contributed by atoms with Crippen LogP contribution in [0.15, 0.2) is 42.5 Å². The molecule has 0 aliphatic rings. The monoisotopic (exact) mass is 418 g/mol. The molecule has 2 aromatic carbocycles. The van der Waals surface area contributed by atoms with Crippen molar-refractivity contribution in [2.45, 2.75) is 26.7 Å². The molecule has 1 N–H and O–H groups in total. The summed E-state index contributed by atoms with van der Waals surface area (Å²) in [6, 6.07) is 12.0. The Morgan fingerprint density at radius 1 is 1.07 bits per heavy atom. The molecule has 0 atom stereocenters. The van der Waals surface area contributed by atoms with E-state index in [2.05, 4.69) is 10.1 Å². The van der Waals surface area contributed by atoms with Crippen LogP contribution in [0.3, 0.4) is 0 Å². The van der Waals surface area contributed by atoms with Crippen molar-refractivity contribution in [2.75, 3.05) is 29.5 Å². The normalized spacial score (nSPS) is 11.0. The van der Waals surface area contributed by atoms with Crippen molar-refractivity contribution in [3.63, 3.8) is 0 Å². The van der Waals surface area contributed by atoms with Gasteiger partial charge in [-0.15, -0.1) is 0 Å². The highest BCUT2D eigenvalue weighted by atomic mass is 32.2. The number of benzene rings is 2. The number of amides is 1. The lowest BCUT2D eigenvalue weighted by Gasteiger charge is -2.23. The van der Waals surface area contributed by atoms with E-state index in [1.54, 1.807) is 18.2 Å². The summed E-state index contributed by atoms with van der Waals surface area (Å²) in [7, 11) is -2.19. The summed E-state index contributed by atoms with van der Waals surface area (Å²) >= 11 is 0. The number of anilines is 2. The van der Waals surface area contributed by atoms with Gasteiger partial charge in [-0.1, -0.05) is 12.1 Å². The van der Waals surface area contributed by atoms with Gasteiger partial charge in [-0.2, -0.15) is 0 Å². The van der Waals surface area contributed by atoms with Gasteiger partial charge in [-0.25, -0.2) is 13.2 Å². The number of rotatable bonds is 8. The predicted octanol–water partition coefficient (Wildman–Crippen LogP) is 3.27. The molecule has 0 aliphatic heterocycles. The fraction of sp³-hybridized carbons (Fsp3) is 0.333. The van der Waals surface area contributed by atoms with E-state index >= 15 is 0 Å². The van der Waals surface area contributed by atoms with Gasteiger partial charge in [0.25, 0.3) is 0 Å². The van der Waals surface area contributed by atoms with E-state index in [-0.39, 0.29) is 18.9 Å². The Morgan fingerprint density at radius 3 is 2.31 bits per heavy atom. The maximum Gasteiger partial charge on any atom is 0.337 e. The Kier molecular flexibility index (Phi) is 7.39. The van der Waals surface area contributed by atoms with Crippen LogP contribution in [-0.2, 0) is 19.6 Å². The van der Waals surface area contributed by atoms with Gasteiger partial charge in [0, 0.05) is 18.7 Å². The average Bonchev–Trinajstić information content (AvgIpc) is 2.62. The summed E-state index contributed by atoms with van der Waals surface area (Å²) in [5, 5.41) is 2.72. The average molecular weight is 419 g/mol. The number of aryl methyl sites for hydroxylation is 2. The minimum absolute atomic E-state index is 0.138. The molecular formula is C21H26N2O5S. The zero-order valence-electron chi connectivity index (χ0n) is 17.1. The second-order valence-corrected chi connectivity index (χ2v) is 8.81. The molecule has 0 spiro atoms. The number of nitrogens with one attached hydrogen (secondary N) is 1. The number of hydrogen-bond acceptors (Lipinski definition) is 5. The van der Waals surface area contributed by atoms with Crippen LogP contribution in [0, 0.1) is 13.8 Å². The number of sulfonamides is 1. The summed E-state index contributed by atoms with van der Waals surface area (Å²) in [5.74, 6) is -0.751. The molecule has 0 unspecified atom stereocenters. The topological polar surface area (TPSA) is 92.8 Å². The second-order valence-electron chi connectivity index (χ2n) is 6.91. The number of methoxy groups -OCH3 is 1. The smallest absolute Gasteiger partial charge is 0.337 e. The zero-order valence-corrected chi connectivity index (χ0v) is 17.9. The van der Waals surface area contributed by atoms with E-state index in [1.165, 1.54) is 17.5 Å². The van der Waals surface area contributed by atoms with Gasteiger partial charge in [-0.3, -0.25) is 9.10 Å². The third-order valence-corrected chi connectivity index (χ3v) is 5.42. The van der Waals surface area contributed by atoms with Crippen molar-refractivity contribution in [3.05, 3.63) is 59.2 Å². The second kappa shape index (κ2) is 9.56. The lowest BCUT2D eigenvalue weighted by molar-refractivity contribution is -0.116. The van der Waals surface area contributed by atoms with Crippen molar-refractivity contribution >= 4 is 33.3 Å². The molecule has 0 heterocycles. The number of esters is 1. The molecule has 1 amide bonds. The minimum Gasteiger partial charge on any atom is -0.465 e. The Balaban J connectivity index is 2.01. The van der Waals surface area contributed by atoms with E-state index in [9.17, 15) is 18.0 Å². The Labute approximate surface area is 171 Å². The van der Waals surface area contributed by atoms with Crippen LogP contribution >= 0.6 is 0 Å². The summed E-state index contributed by atoms with van der Waals surface area (Å²) in [5.41, 5.74) is 3.35. The van der Waals surface area contributed by atoms with Crippen molar-refractivity contribution in [1.82, 2.24) is 0 Å². The molecule has 0 radical (unpaired) electrons. The lowest BCUT2D eigenvalue weighted by Crippen LogP contribution is -2.31. The third kappa shape index (κ3) is 6.60. The maximum atomic E-state index is 12.2. The number of carbonyl (C=O) groups excluding carboxylic acids is 2. The van der Waals surface area contributed by atoms with Crippen LogP contribution in [0.1, 0.15) is 34.3 Å². The SMILES string of the molecule is COC(=O)c1cccc(NC(=O)CCCN(c2cc(C)cc(C)c2)S(C)(=O)=O)c1. The molecule has 0 fully saturated rings. The number of hydrogen-bond donors (Lipinski definition) is 1. The Hall–Kier alpha value is -2.87. The summed E-state index contributed by atoms with van der Waals surface area (Å²) < 4.78 is 30.4. The molecule has 2 rings (SSSR count). The fourth-order valence-electron chi connectivity index (χ4n) is 3.03. The van der Waals surface area contributed by atoms with E-state index in [1.807, 2.05) is 32.0 Å². The predicted molar refractivity (Wildman–Crippen MR) is 114 cm³/mol. The standard InChI is InChI=1S/C21H26N2O5S/c1-15-11-16(2)13-19(12-15)23(29(4,26)27)10-6-9-20(24)22-18-8-5-7-17(14-18)21(25)28-3/h5,7-8,11-14H,6,9-10H2,1-4H3,(H,22,24). The van der Waals surface area contributed by atoms with Gasteiger partial charge in [0.05, 0.1) is 24.6 Å². The van der Waals surface area contributed by atoms with Crippen molar-refractivity contribution in [1.29, 1.82) is 0 Å². The highest BCUT2D eigenvalue weighted by Gasteiger charge is 2.18. The van der Waals surface area contributed by atoms with E-state index in [0.717, 1.165) is 17.4 Å². The summed E-state index contributed by atoms with van der Waals surface area (Å²) in [4.78, 5) is 23.8. The molecule has 0 aromatic heterocycles. The van der Waals surface area contributed by atoms with Crippen LogP contribution in [0.25, 0.3) is 0 Å². The van der Waals surface area contributed by atoms with Gasteiger partial charge in [0.15, 0.2) is 0 Å². The van der Waals surface area contributed by atoms with Crippen molar-refractivity contribution in [2.24, 2.45) is 0 Å². The van der Waals surface area contributed by atoms with Crippen LogP contribution in [0.2, 0.25) is 0 Å². The highest BCUT2D eigenvalue weighted by molar-refractivity contribution is 7.92. The molecule has 156 valence electrons. The molecule has 2 aromatic rings. The molecule has 7 nitrogen and oxygen atoms in total. The summed E-state index contributed by atoms with van der Waals surface area (Å²) in [6.07, 6.45) is 1.64. The molecular weight excluding hydrogens is 392 g/mol. The van der Waals surface area contributed by atoms with E-state index in [4.69, 9.17) is 0 Å². The minimum atomic E-state index is -3.48. The Morgan fingerprint density at radius 2 is 1.72 bits per heavy atom. The quantitative estimate of drug-likeness (QED) is 0.664. The van der Waals surface area contributed by atoms with Gasteiger partial charge >= 0.3 is 5.97 Å². The molecule has 0 saturated carbocycles. The first-order chi connectivity index (χ1) is 13.6. The van der Waals surface area contributed by atoms with Gasteiger partial charge in [0.2, 0.25) is 15.9 Å². The molecule has 0 bridgehead atoms. The van der Waals surface area contributed by atoms with Gasteiger partial charge in [0.1, 0.15) is 0 Å². The van der Waals surface area contributed by atoms with E-state index in [0.29, 0.717) is 23.4 Å². The molecule has 29 heavy (non-hydrogen) atoms. The van der Waals surface area contributed by atoms with Crippen LogP contribution in [0.5, 0.6) is 0 Å². The van der Waals surface area contributed by atoms with Crippen LogP contribution < -0.4 is 9.62 Å². The van der Waals surface area contributed by atoms with Crippen molar-refractivity contribution < 1.29 is 22.7 Å². The first-order valence-electron chi connectivity index (χ1n) is 9.14. The number of nitrogens with zero attached hydrogens (tertiary/aromatic N) is 1. The number of ether oxygens (including phenoxy) is 1. The lowest BCUT2D eigenvalue weighted by atomic mass is 10.1. The largest absolute Gasteiger partial charge is 0.465 e. The molecule has 0 saturated heterocycles. The number of carbonyl (C=O) groups is 2. The third-order valence-electron chi connectivity index (χ3n) is 4.23. The van der Waals surface area contributed by atoms with Gasteiger partial charge < -0.3 is 10.1 Å². The molecule has 8 heteroatoms. The Bertz CT molecular complexity index is 982. The van der Waals surface area contributed by atoms with Crippen LogP contribution in [0.4, 0.5) is 11.4 Å². The van der Waals surface area contributed by atoms with Crippen LogP contribution in [-0.4, -0.2) is 40.2 Å². The van der Waals surface area contributed by atoms with Gasteiger partial charge in [-0.05, 0) is 61.7 Å². The van der Waals surface area contributed by atoms with Crippen molar-refractivity contribution in [3.8, 4) is 0 Å². The molecule has 0 aliphatic carbocycles. The maximum absolute atomic E-state index is 12.2. The first-order valence-corrected chi connectivity index (χ1v) is 11.0. The zero-order chi connectivity index (χ0) is 21.6.